The highest BCUT2D eigenvalue weighted by atomic mass is 35.5. The van der Waals surface area contributed by atoms with Crippen LogP contribution >= 0.6 is 34.5 Å². The van der Waals surface area contributed by atoms with Crippen molar-refractivity contribution in [2.75, 3.05) is 5.32 Å². The lowest BCUT2D eigenvalue weighted by Gasteiger charge is -2.25. The van der Waals surface area contributed by atoms with Gasteiger partial charge in [-0.2, -0.15) is 0 Å². The average molecular weight is 437 g/mol. The van der Waals surface area contributed by atoms with Gasteiger partial charge in [0, 0.05) is 0 Å². The van der Waals surface area contributed by atoms with E-state index in [9.17, 15) is 4.79 Å². The zero-order valence-corrected chi connectivity index (χ0v) is 18.7. The van der Waals surface area contributed by atoms with E-state index in [-0.39, 0.29) is 11.3 Å². The van der Waals surface area contributed by atoms with Crippen LogP contribution in [0.2, 0.25) is 10.0 Å². The number of anilines is 1. The number of benzene rings is 2. The van der Waals surface area contributed by atoms with Crippen LogP contribution in [0.1, 0.15) is 40.2 Å². The maximum absolute atomic E-state index is 12.8. The predicted molar refractivity (Wildman–Crippen MR) is 118 cm³/mol. The van der Waals surface area contributed by atoms with Gasteiger partial charge in [-0.15, -0.1) is 0 Å². The summed E-state index contributed by atoms with van der Waals surface area (Å²) in [5.74, 6) is 0.334. The Labute approximate surface area is 178 Å². The second-order valence-corrected chi connectivity index (χ2v) is 9.88. The van der Waals surface area contributed by atoms with E-state index in [1.54, 1.807) is 19.9 Å². The normalized spacial score (nSPS) is 12.2. The second kappa shape index (κ2) is 7.54. The lowest BCUT2D eigenvalue weighted by molar-refractivity contribution is -0.128. The van der Waals surface area contributed by atoms with E-state index in [1.807, 2.05) is 30.3 Å². The highest BCUT2D eigenvalue weighted by Crippen LogP contribution is 2.35. The number of amides is 1. The van der Waals surface area contributed by atoms with E-state index in [0.717, 1.165) is 4.70 Å². The van der Waals surface area contributed by atoms with E-state index in [0.29, 0.717) is 26.4 Å². The smallest absolute Gasteiger partial charge is 0.269 e. The zero-order valence-electron chi connectivity index (χ0n) is 16.4. The molecule has 0 radical (unpaired) electrons. The van der Waals surface area contributed by atoms with Crippen LogP contribution in [0.3, 0.4) is 0 Å². The molecule has 1 N–H and O–H groups in total. The summed E-state index contributed by atoms with van der Waals surface area (Å²) in [5.41, 5.74) is 0.753. The summed E-state index contributed by atoms with van der Waals surface area (Å²) >= 11 is 13.6. The fourth-order valence-electron chi connectivity index (χ4n) is 2.60. The number of nitrogens with one attached hydrogen (secondary N) is 1. The number of fused-ring (bicyclic) bond motifs is 1. The Morgan fingerprint density at radius 2 is 1.68 bits per heavy atom. The molecule has 1 amide bonds. The summed E-state index contributed by atoms with van der Waals surface area (Å²) in [5, 5.41) is 4.07. The average Bonchev–Trinajstić information content (AvgIpc) is 3.01. The maximum atomic E-state index is 12.8. The highest BCUT2D eigenvalue weighted by molar-refractivity contribution is 7.22. The minimum Gasteiger partial charge on any atom is -0.478 e. The Kier molecular flexibility index (Phi) is 5.63. The molecule has 3 aromatic rings. The first kappa shape index (κ1) is 20.9. The molecule has 1 heterocycles. The van der Waals surface area contributed by atoms with Gasteiger partial charge in [0.1, 0.15) is 11.3 Å². The number of hydrogen-bond donors (Lipinski definition) is 1. The van der Waals surface area contributed by atoms with Crippen LogP contribution in [-0.2, 0) is 10.2 Å². The maximum Gasteiger partial charge on any atom is 0.269 e. The Morgan fingerprint density at radius 1 is 1.04 bits per heavy atom. The van der Waals surface area contributed by atoms with Crippen LogP contribution in [-0.4, -0.2) is 16.5 Å². The number of thiazole rings is 1. The third-order valence-corrected chi connectivity index (χ3v) is 6.04. The van der Waals surface area contributed by atoms with E-state index in [2.05, 4.69) is 31.1 Å². The number of ether oxygens (including phenoxy) is 1. The van der Waals surface area contributed by atoms with Gasteiger partial charge < -0.3 is 4.74 Å². The first-order valence-corrected chi connectivity index (χ1v) is 10.4. The molecule has 0 aliphatic rings. The summed E-state index contributed by atoms with van der Waals surface area (Å²) in [7, 11) is 0. The summed E-state index contributed by atoms with van der Waals surface area (Å²) in [6, 6.07) is 11.3. The molecule has 0 bridgehead atoms. The highest BCUT2D eigenvalue weighted by Gasteiger charge is 2.31. The molecule has 0 atom stereocenters. The van der Waals surface area contributed by atoms with Crippen LogP contribution in [0.5, 0.6) is 5.75 Å². The first-order chi connectivity index (χ1) is 13.0. The van der Waals surface area contributed by atoms with Crippen LogP contribution < -0.4 is 10.1 Å². The van der Waals surface area contributed by atoms with Gasteiger partial charge in [0.05, 0.1) is 14.7 Å². The molecule has 3 rings (SSSR count). The SMILES string of the molecule is CC(C)(Oc1ccc(C(C)(C)C)cc1)C(=O)Nc1nc2c(Cl)c(Cl)ccc2s1. The minimum atomic E-state index is -1.08. The molecule has 0 saturated heterocycles. The van der Waals surface area contributed by atoms with Crippen molar-refractivity contribution in [3.8, 4) is 5.75 Å². The van der Waals surface area contributed by atoms with E-state index >= 15 is 0 Å². The van der Waals surface area contributed by atoms with Gasteiger partial charge >= 0.3 is 0 Å². The molecule has 28 heavy (non-hydrogen) atoms. The molecule has 148 valence electrons. The lowest BCUT2D eigenvalue weighted by atomic mass is 9.87. The van der Waals surface area contributed by atoms with Crippen molar-refractivity contribution >= 4 is 55.8 Å². The molecule has 0 aliphatic carbocycles. The lowest BCUT2D eigenvalue weighted by Crippen LogP contribution is -2.42. The van der Waals surface area contributed by atoms with E-state index in [4.69, 9.17) is 27.9 Å². The quantitative estimate of drug-likeness (QED) is 0.494. The Hall–Kier alpha value is -1.82. The number of aromatic nitrogens is 1. The van der Waals surface area contributed by atoms with Gasteiger partial charge in [-0.3, -0.25) is 10.1 Å². The van der Waals surface area contributed by atoms with Crippen LogP contribution in [0.15, 0.2) is 36.4 Å². The van der Waals surface area contributed by atoms with Crippen LogP contribution in [0, 0.1) is 0 Å². The summed E-state index contributed by atoms with van der Waals surface area (Å²) in [6.07, 6.45) is 0. The van der Waals surface area contributed by atoms with Gasteiger partial charge in [0.25, 0.3) is 5.91 Å². The van der Waals surface area contributed by atoms with Crippen molar-refractivity contribution in [1.29, 1.82) is 0 Å². The van der Waals surface area contributed by atoms with E-state index < -0.39 is 5.60 Å². The van der Waals surface area contributed by atoms with Gasteiger partial charge in [-0.05, 0) is 49.1 Å². The van der Waals surface area contributed by atoms with Crippen LogP contribution in [0.25, 0.3) is 10.2 Å². The fraction of sp³-hybridized carbons (Fsp3) is 0.333. The van der Waals surface area contributed by atoms with Crippen molar-refractivity contribution in [3.05, 3.63) is 52.0 Å². The molecule has 2 aromatic carbocycles. The number of nitrogens with zero attached hydrogens (tertiary/aromatic N) is 1. The summed E-state index contributed by atoms with van der Waals surface area (Å²) in [4.78, 5) is 17.2. The molecule has 0 saturated carbocycles. The molecule has 0 fully saturated rings. The first-order valence-electron chi connectivity index (χ1n) is 8.83. The van der Waals surface area contributed by atoms with E-state index in [1.165, 1.54) is 16.9 Å². The standard InChI is InChI=1S/C21H22Cl2N2O2S/c1-20(2,3)12-6-8-13(9-7-12)27-21(4,5)18(26)25-19-24-17-15(28-19)11-10-14(22)16(17)23/h6-11H,1-5H3,(H,24,25,26). The molecule has 0 spiro atoms. The number of carbonyl (C=O) groups excluding carboxylic acids is 1. The molecular weight excluding hydrogens is 415 g/mol. The molecule has 4 nitrogen and oxygen atoms in total. The number of carbonyl (C=O) groups is 1. The monoisotopic (exact) mass is 436 g/mol. The summed E-state index contributed by atoms with van der Waals surface area (Å²) in [6.45, 7) is 9.89. The van der Waals surface area contributed by atoms with Gasteiger partial charge in [-0.1, -0.05) is 67.4 Å². The second-order valence-electron chi connectivity index (χ2n) is 8.07. The van der Waals surface area contributed by atoms with Crippen molar-refractivity contribution in [3.63, 3.8) is 0 Å². The Bertz CT molecular complexity index is 1020. The number of rotatable bonds is 4. The van der Waals surface area contributed by atoms with Gasteiger partial charge in [0.2, 0.25) is 0 Å². The molecule has 0 unspecified atom stereocenters. The molecule has 0 aliphatic heterocycles. The third-order valence-electron chi connectivity index (χ3n) is 4.31. The third kappa shape index (κ3) is 4.43. The van der Waals surface area contributed by atoms with Gasteiger partial charge in [-0.25, -0.2) is 4.98 Å². The largest absolute Gasteiger partial charge is 0.478 e. The molecule has 1 aromatic heterocycles. The summed E-state index contributed by atoms with van der Waals surface area (Å²) < 4.78 is 6.79. The predicted octanol–water partition coefficient (Wildman–Crippen LogP) is 6.70. The number of hydrogen-bond acceptors (Lipinski definition) is 4. The minimum absolute atomic E-state index is 0.0580. The number of halogens is 2. The van der Waals surface area contributed by atoms with Crippen molar-refractivity contribution in [2.24, 2.45) is 0 Å². The van der Waals surface area contributed by atoms with Crippen LogP contribution in [0.4, 0.5) is 5.13 Å². The zero-order chi connectivity index (χ0) is 20.7. The fourth-order valence-corrected chi connectivity index (χ4v) is 3.89. The van der Waals surface area contributed by atoms with Gasteiger partial charge in [0.15, 0.2) is 10.7 Å². The Morgan fingerprint density at radius 3 is 2.29 bits per heavy atom. The molecule has 7 heteroatoms. The van der Waals surface area contributed by atoms with Crippen molar-refractivity contribution in [1.82, 2.24) is 4.98 Å². The van der Waals surface area contributed by atoms with Crippen molar-refractivity contribution in [2.45, 2.75) is 45.6 Å². The topological polar surface area (TPSA) is 51.2 Å². The molecular formula is C21H22Cl2N2O2S. The Balaban J connectivity index is 1.75. The van der Waals surface area contributed by atoms with Crippen molar-refractivity contribution < 1.29 is 9.53 Å².